The first-order valence-electron chi connectivity index (χ1n) is 5.22. The second-order valence-corrected chi connectivity index (χ2v) is 4.94. The van der Waals surface area contributed by atoms with Crippen molar-refractivity contribution in [3.05, 3.63) is 29.3 Å². The SMILES string of the molecule is CC(C)(C)c1ccc(N)c([C@H](N)CN)c1. The predicted octanol–water partition coefficient (Wildman–Crippen LogP) is 1.52. The Morgan fingerprint density at radius 3 is 2.33 bits per heavy atom. The van der Waals surface area contributed by atoms with Gasteiger partial charge >= 0.3 is 0 Å². The molecule has 0 spiro atoms. The zero-order valence-corrected chi connectivity index (χ0v) is 9.75. The van der Waals surface area contributed by atoms with Crippen LogP contribution in [0.5, 0.6) is 0 Å². The van der Waals surface area contributed by atoms with Crippen molar-refractivity contribution >= 4 is 5.69 Å². The molecule has 0 bridgehead atoms. The van der Waals surface area contributed by atoms with Crippen LogP contribution in [0.2, 0.25) is 0 Å². The van der Waals surface area contributed by atoms with Gasteiger partial charge in [0, 0.05) is 18.3 Å². The van der Waals surface area contributed by atoms with E-state index in [9.17, 15) is 0 Å². The molecule has 0 unspecified atom stereocenters. The lowest BCUT2D eigenvalue weighted by Crippen LogP contribution is -2.23. The van der Waals surface area contributed by atoms with E-state index >= 15 is 0 Å². The molecule has 84 valence electrons. The third-order valence-electron chi connectivity index (χ3n) is 2.61. The van der Waals surface area contributed by atoms with Crippen LogP contribution in [0.25, 0.3) is 0 Å². The molecule has 0 aliphatic carbocycles. The number of nitrogens with two attached hydrogens (primary N) is 3. The lowest BCUT2D eigenvalue weighted by Gasteiger charge is -2.22. The van der Waals surface area contributed by atoms with Gasteiger partial charge in [-0.2, -0.15) is 0 Å². The van der Waals surface area contributed by atoms with E-state index < -0.39 is 0 Å². The maximum atomic E-state index is 5.90. The molecule has 1 aromatic rings. The molecule has 1 rings (SSSR count). The van der Waals surface area contributed by atoms with Crippen LogP contribution in [-0.2, 0) is 5.41 Å². The quantitative estimate of drug-likeness (QED) is 0.643. The van der Waals surface area contributed by atoms with E-state index in [1.807, 2.05) is 12.1 Å². The molecule has 0 aromatic heterocycles. The summed E-state index contributed by atoms with van der Waals surface area (Å²) < 4.78 is 0. The zero-order valence-electron chi connectivity index (χ0n) is 9.75. The number of nitrogen functional groups attached to an aromatic ring is 1. The highest BCUT2D eigenvalue weighted by atomic mass is 14.7. The van der Waals surface area contributed by atoms with Gasteiger partial charge in [0.05, 0.1) is 0 Å². The fourth-order valence-electron chi connectivity index (χ4n) is 1.49. The average molecular weight is 207 g/mol. The molecule has 0 saturated heterocycles. The van der Waals surface area contributed by atoms with Crippen molar-refractivity contribution in [2.24, 2.45) is 11.5 Å². The third-order valence-corrected chi connectivity index (χ3v) is 2.61. The molecule has 3 heteroatoms. The van der Waals surface area contributed by atoms with Crippen LogP contribution in [0.4, 0.5) is 5.69 Å². The fraction of sp³-hybridized carbons (Fsp3) is 0.500. The smallest absolute Gasteiger partial charge is 0.0440 e. The Kier molecular flexibility index (Phi) is 3.37. The molecule has 1 aromatic carbocycles. The standard InChI is InChI=1S/C12H21N3/c1-12(2,3)8-4-5-10(14)9(6-8)11(15)7-13/h4-6,11H,7,13-15H2,1-3H3/t11-/m1/s1. The number of hydrogen-bond donors (Lipinski definition) is 3. The number of rotatable bonds is 2. The van der Waals surface area contributed by atoms with Crippen LogP contribution in [0.1, 0.15) is 37.9 Å². The first-order valence-corrected chi connectivity index (χ1v) is 5.22. The molecule has 6 N–H and O–H groups in total. The molecule has 0 heterocycles. The van der Waals surface area contributed by atoms with Crippen LogP contribution in [0.15, 0.2) is 18.2 Å². The Morgan fingerprint density at radius 2 is 1.87 bits per heavy atom. The monoisotopic (exact) mass is 207 g/mol. The fourth-order valence-corrected chi connectivity index (χ4v) is 1.49. The summed E-state index contributed by atoms with van der Waals surface area (Å²) in [7, 11) is 0. The van der Waals surface area contributed by atoms with Gasteiger partial charge in [-0.15, -0.1) is 0 Å². The lowest BCUT2D eigenvalue weighted by atomic mass is 9.85. The Balaban J connectivity index is 3.17. The van der Waals surface area contributed by atoms with E-state index in [-0.39, 0.29) is 11.5 Å². The first kappa shape index (κ1) is 12.0. The van der Waals surface area contributed by atoms with E-state index in [0.29, 0.717) is 6.54 Å². The van der Waals surface area contributed by atoms with Crippen molar-refractivity contribution in [2.75, 3.05) is 12.3 Å². The van der Waals surface area contributed by atoms with Gasteiger partial charge in [-0.25, -0.2) is 0 Å². The van der Waals surface area contributed by atoms with Gasteiger partial charge in [0.15, 0.2) is 0 Å². The minimum absolute atomic E-state index is 0.108. The molecule has 0 aliphatic heterocycles. The van der Waals surface area contributed by atoms with Gasteiger partial charge in [-0.3, -0.25) is 0 Å². The van der Waals surface area contributed by atoms with Gasteiger partial charge in [0.25, 0.3) is 0 Å². The Morgan fingerprint density at radius 1 is 1.27 bits per heavy atom. The highest BCUT2D eigenvalue weighted by Gasteiger charge is 2.16. The van der Waals surface area contributed by atoms with Crippen LogP contribution in [0.3, 0.4) is 0 Å². The summed E-state index contributed by atoms with van der Waals surface area (Å²) in [5.41, 5.74) is 20.3. The minimum Gasteiger partial charge on any atom is -0.398 e. The van der Waals surface area contributed by atoms with E-state index in [1.54, 1.807) is 0 Å². The minimum atomic E-state index is -0.174. The van der Waals surface area contributed by atoms with Crippen molar-refractivity contribution in [1.29, 1.82) is 0 Å². The second-order valence-electron chi connectivity index (χ2n) is 4.94. The zero-order chi connectivity index (χ0) is 11.6. The predicted molar refractivity (Wildman–Crippen MR) is 65.5 cm³/mol. The molecule has 0 fully saturated rings. The highest BCUT2D eigenvalue weighted by Crippen LogP contribution is 2.27. The Hall–Kier alpha value is -1.06. The van der Waals surface area contributed by atoms with E-state index in [1.165, 1.54) is 5.56 Å². The Labute approximate surface area is 91.6 Å². The number of benzene rings is 1. The molecule has 0 amide bonds. The molecule has 1 atom stereocenters. The topological polar surface area (TPSA) is 78.1 Å². The average Bonchev–Trinajstić information content (AvgIpc) is 2.15. The van der Waals surface area contributed by atoms with Gasteiger partial charge in [0.2, 0.25) is 0 Å². The van der Waals surface area contributed by atoms with Gasteiger partial charge in [0.1, 0.15) is 0 Å². The van der Waals surface area contributed by atoms with Gasteiger partial charge < -0.3 is 17.2 Å². The summed E-state index contributed by atoms with van der Waals surface area (Å²) in [6.07, 6.45) is 0. The van der Waals surface area contributed by atoms with E-state index in [2.05, 4.69) is 26.8 Å². The van der Waals surface area contributed by atoms with Crippen molar-refractivity contribution < 1.29 is 0 Å². The molecule has 15 heavy (non-hydrogen) atoms. The normalized spacial score (nSPS) is 13.9. The van der Waals surface area contributed by atoms with Crippen molar-refractivity contribution in [1.82, 2.24) is 0 Å². The van der Waals surface area contributed by atoms with Crippen molar-refractivity contribution in [2.45, 2.75) is 32.2 Å². The van der Waals surface area contributed by atoms with Crippen LogP contribution >= 0.6 is 0 Å². The first-order chi connectivity index (χ1) is 6.86. The molecular weight excluding hydrogens is 186 g/mol. The molecule has 0 aliphatic rings. The maximum Gasteiger partial charge on any atom is 0.0440 e. The lowest BCUT2D eigenvalue weighted by molar-refractivity contribution is 0.587. The van der Waals surface area contributed by atoms with Crippen LogP contribution < -0.4 is 17.2 Å². The molecule has 3 nitrogen and oxygen atoms in total. The number of anilines is 1. The summed E-state index contributed by atoms with van der Waals surface area (Å²) in [6, 6.07) is 5.84. The van der Waals surface area contributed by atoms with Crippen molar-refractivity contribution in [3.63, 3.8) is 0 Å². The molecule has 0 saturated carbocycles. The van der Waals surface area contributed by atoms with Gasteiger partial charge in [-0.05, 0) is 22.6 Å². The summed E-state index contributed by atoms with van der Waals surface area (Å²) >= 11 is 0. The second kappa shape index (κ2) is 4.21. The van der Waals surface area contributed by atoms with Gasteiger partial charge in [-0.1, -0.05) is 32.9 Å². The van der Waals surface area contributed by atoms with E-state index in [4.69, 9.17) is 17.2 Å². The third kappa shape index (κ3) is 2.70. The summed E-state index contributed by atoms with van der Waals surface area (Å²) in [6.45, 7) is 6.90. The largest absolute Gasteiger partial charge is 0.398 e. The van der Waals surface area contributed by atoms with Crippen LogP contribution in [0, 0.1) is 0 Å². The summed E-state index contributed by atoms with van der Waals surface area (Å²) in [5.74, 6) is 0. The summed E-state index contributed by atoms with van der Waals surface area (Å²) in [5, 5.41) is 0. The number of hydrogen-bond acceptors (Lipinski definition) is 3. The van der Waals surface area contributed by atoms with Crippen LogP contribution in [-0.4, -0.2) is 6.54 Å². The van der Waals surface area contributed by atoms with E-state index in [0.717, 1.165) is 11.3 Å². The molecular formula is C12H21N3. The highest BCUT2D eigenvalue weighted by molar-refractivity contribution is 5.51. The van der Waals surface area contributed by atoms with Crippen molar-refractivity contribution in [3.8, 4) is 0 Å². The maximum absolute atomic E-state index is 5.90. The Bertz CT molecular complexity index is 339. The summed E-state index contributed by atoms with van der Waals surface area (Å²) in [4.78, 5) is 0. The molecule has 0 radical (unpaired) electrons.